The fourth-order valence-corrected chi connectivity index (χ4v) is 3.93. The first kappa shape index (κ1) is 13.8. The van der Waals surface area contributed by atoms with Gasteiger partial charge in [-0.05, 0) is 38.1 Å². The summed E-state index contributed by atoms with van der Waals surface area (Å²) >= 11 is 0. The number of aromatic nitrogens is 1. The van der Waals surface area contributed by atoms with E-state index in [-0.39, 0.29) is 17.9 Å². The minimum absolute atomic E-state index is 0.0280. The molecule has 5 heteroatoms. The number of rotatable bonds is 2. The molecule has 116 valence electrons. The van der Waals surface area contributed by atoms with Crippen molar-refractivity contribution >= 4 is 16.9 Å². The van der Waals surface area contributed by atoms with E-state index in [2.05, 4.69) is 16.9 Å². The Morgan fingerprint density at radius 3 is 2.77 bits per heavy atom. The van der Waals surface area contributed by atoms with Crippen molar-refractivity contribution in [1.82, 2.24) is 9.88 Å². The Morgan fingerprint density at radius 1 is 1.32 bits per heavy atom. The van der Waals surface area contributed by atoms with Gasteiger partial charge in [0.05, 0.1) is 5.56 Å². The summed E-state index contributed by atoms with van der Waals surface area (Å²) in [5.74, 6) is -0.704. The Labute approximate surface area is 128 Å². The van der Waals surface area contributed by atoms with Crippen LogP contribution in [0.2, 0.25) is 0 Å². The molecular formula is C17H19FN2O2. The van der Waals surface area contributed by atoms with E-state index in [0.29, 0.717) is 23.0 Å². The fourth-order valence-electron chi connectivity index (χ4n) is 3.93. The third kappa shape index (κ3) is 2.20. The maximum atomic E-state index is 13.4. The largest absolute Gasteiger partial charge is 0.459 e. The first-order valence-corrected chi connectivity index (χ1v) is 7.81. The first-order valence-electron chi connectivity index (χ1n) is 7.81. The van der Waals surface area contributed by atoms with Crippen LogP contribution in [0.5, 0.6) is 0 Å². The molecule has 2 aliphatic heterocycles. The normalized spacial score (nSPS) is 28.2. The molecule has 0 saturated carbocycles. The predicted molar refractivity (Wildman–Crippen MR) is 81.3 cm³/mol. The number of H-pyrrole nitrogens is 1. The summed E-state index contributed by atoms with van der Waals surface area (Å²) in [7, 11) is 2.16. The van der Waals surface area contributed by atoms with E-state index in [1.165, 1.54) is 25.0 Å². The van der Waals surface area contributed by atoms with Crippen molar-refractivity contribution in [2.24, 2.45) is 0 Å². The highest BCUT2D eigenvalue weighted by molar-refractivity contribution is 6.04. The Hall–Kier alpha value is -1.88. The lowest BCUT2D eigenvalue weighted by molar-refractivity contribution is -0.000258. The highest BCUT2D eigenvalue weighted by Crippen LogP contribution is 2.36. The second-order valence-electron chi connectivity index (χ2n) is 6.44. The monoisotopic (exact) mass is 302 g/mol. The molecule has 4 nitrogen and oxygen atoms in total. The van der Waals surface area contributed by atoms with Crippen molar-refractivity contribution in [1.29, 1.82) is 0 Å². The number of nitrogens with one attached hydrogen (secondary N) is 1. The van der Waals surface area contributed by atoms with Crippen LogP contribution in [-0.2, 0) is 4.74 Å². The lowest BCUT2D eigenvalue weighted by Gasteiger charge is -2.35. The molecule has 2 aliphatic rings. The van der Waals surface area contributed by atoms with Crippen LogP contribution in [0.3, 0.4) is 0 Å². The number of nitrogens with zero attached hydrogens (tertiary/aromatic N) is 1. The minimum Gasteiger partial charge on any atom is -0.459 e. The summed E-state index contributed by atoms with van der Waals surface area (Å²) in [6, 6.07) is 5.44. The molecule has 3 heterocycles. The van der Waals surface area contributed by atoms with E-state index in [4.69, 9.17) is 4.74 Å². The lowest BCUT2D eigenvalue weighted by Crippen LogP contribution is -2.43. The van der Waals surface area contributed by atoms with Crippen molar-refractivity contribution in [3.63, 3.8) is 0 Å². The lowest BCUT2D eigenvalue weighted by atomic mass is 10.0. The topological polar surface area (TPSA) is 45.3 Å². The van der Waals surface area contributed by atoms with E-state index in [1.807, 2.05) is 0 Å². The van der Waals surface area contributed by atoms with E-state index >= 15 is 0 Å². The molecule has 2 aromatic rings. The number of halogens is 1. The zero-order chi connectivity index (χ0) is 15.3. The third-order valence-electron chi connectivity index (χ3n) is 5.19. The number of hydrogen-bond donors (Lipinski definition) is 1. The second-order valence-corrected chi connectivity index (χ2v) is 6.44. The number of piperidine rings is 1. The highest BCUT2D eigenvalue weighted by Gasteiger charge is 2.40. The van der Waals surface area contributed by atoms with Gasteiger partial charge in [-0.15, -0.1) is 0 Å². The Morgan fingerprint density at radius 2 is 2.05 bits per heavy atom. The van der Waals surface area contributed by atoms with Crippen molar-refractivity contribution < 1.29 is 13.9 Å². The third-order valence-corrected chi connectivity index (χ3v) is 5.19. The molecule has 0 radical (unpaired) electrons. The number of carbonyl (C=O) groups excluding carboxylic acids is 1. The maximum Gasteiger partial charge on any atom is 0.340 e. The van der Waals surface area contributed by atoms with E-state index in [0.717, 1.165) is 18.4 Å². The van der Waals surface area contributed by atoms with Gasteiger partial charge >= 0.3 is 5.97 Å². The van der Waals surface area contributed by atoms with Gasteiger partial charge in [0, 0.05) is 42.0 Å². The molecule has 0 aliphatic carbocycles. The molecule has 2 saturated heterocycles. The van der Waals surface area contributed by atoms with Gasteiger partial charge in [0.25, 0.3) is 0 Å². The molecule has 2 fully saturated rings. The fraction of sp³-hybridized carbons (Fsp3) is 0.471. The molecular weight excluding hydrogens is 283 g/mol. The van der Waals surface area contributed by atoms with E-state index in [1.54, 1.807) is 12.3 Å². The van der Waals surface area contributed by atoms with Crippen molar-refractivity contribution in [3.8, 4) is 0 Å². The summed E-state index contributed by atoms with van der Waals surface area (Å²) in [6.07, 6.45) is 5.75. The van der Waals surface area contributed by atoms with Gasteiger partial charge in [0.15, 0.2) is 0 Å². The quantitative estimate of drug-likeness (QED) is 0.867. The van der Waals surface area contributed by atoms with Gasteiger partial charge in [-0.3, -0.25) is 0 Å². The van der Waals surface area contributed by atoms with Crippen LogP contribution in [0.15, 0.2) is 24.4 Å². The van der Waals surface area contributed by atoms with E-state index in [9.17, 15) is 9.18 Å². The van der Waals surface area contributed by atoms with Crippen LogP contribution in [0.25, 0.3) is 10.9 Å². The van der Waals surface area contributed by atoms with Gasteiger partial charge < -0.3 is 14.6 Å². The molecule has 2 bridgehead atoms. The van der Waals surface area contributed by atoms with Crippen LogP contribution in [-0.4, -0.2) is 41.1 Å². The van der Waals surface area contributed by atoms with Crippen molar-refractivity contribution in [2.75, 3.05) is 7.05 Å². The number of ether oxygens (including phenoxy) is 1. The average molecular weight is 302 g/mol. The smallest absolute Gasteiger partial charge is 0.340 e. The zero-order valence-corrected chi connectivity index (χ0v) is 12.5. The second kappa shape index (κ2) is 5.09. The van der Waals surface area contributed by atoms with Crippen LogP contribution in [0.1, 0.15) is 36.0 Å². The standard InChI is InChI=1S/C17H19FN2O2/c1-20-11-3-4-12(20)8-13(7-11)22-17(21)15-9-19-16-5-2-10(18)6-14(15)16/h2,5-6,9,11-13,19H,3-4,7-8H2,1H3/t11-,12+,13?. The average Bonchev–Trinajstić information content (AvgIpc) is 2.97. The van der Waals surface area contributed by atoms with Crippen LogP contribution in [0, 0.1) is 5.82 Å². The molecule has 1 N–H and O–H groups in total. The summed E-state index contributed by atoms with van der Waals surface area (Å²) in [5.41, 5.74) is 1.16. The molecule has 3 atom stereocenters. The number of aromatic amines is 1. The molecule has 0 spiro atoms. The summed E-state index contributed by atoms with van der Waals surface area (Å²) in [6.45, 7) is 0. The van der Waals surface area contributed by atoms with Crippen LogP contribution in [0.4, 0.5) is 4.39 Å². The summed E-state index contributed by atoms with van der Waals surface area (Å²) < 4.78 is 19.1. The number of benzene rings is 1. The SMILES string of the molecule is CN1[C@@H]2CC[C@H]1CC(OC(=O)c1c[nH]c3ccc(F)cc13)C2. The highest BCUT2D eigenvalue weighted by atomic mass is 19.1. The minimum atomic E-state index is -0.356. The molecule has 0 amide bonds. The molecule has 1 aromatic heterocycles. The Balaban J connectivity index is 1.53. The number of esters is 1. The Bertz CT molecular complexity index is 713. The molecule has 1 aromatic carbocycles. The van der Waals surface area contributed by atoms with Gasteiger partial charge in [-0.25, -0.2) is 9.18 Å². The van der Waals surface area contributed by atoms with E-state index < -0.39 is 0 Å². The summed E-state index contributed by atoms with van der Waals surface area (Å²) in [4.78, 5) is 17.8. The van der Waals surface area contributed by atoms with Gasteiger partial charge in [-0.1, -0.05) is 0 Å². The van der Waals surface area contributed by atoms with Gasteiger partial charge in [-0.2, -0.15) is 0 Å². The van der Waals surface area contributed by atoms with Gasteiger partial charge in [0.2, 0.25) is 0 Å². The first-order chi connectivity index (χ1) is 10.6. The van der Waals surface area contributed by atoms with Crippen molar-refractivity contribution in [3.05, 3.63) is 35.8 Å². The molecule has 1 unspecified atom stereocenters. The number of hydrogen-bond acceptors (Lipinski definition) is 3. The van der Waals surface area contributed by atoms with Crippen LogP contribution < -0.4 is 0 Å². The zero-order valence-electron chi connectivity index (χ0n) is 12.5. The Kier molecular flexibility index (Phi) is 3.18. The van der Waals surface area contributed by atoms with Gasteiger partial charge in [0.1, 0.15) is 11.9 Å². The molecule has 22 heavy (non-hydrogen) atoms. The summed E-state index contributed by atoms with van der Waals surface area (Å²) in [5, 5.41) is 0.584. The van der Waals surface area contributed by atoms with Crippen LogP contribution >= 0.6 is 0 Å². The molecule has 4 rings (SSSR count). The predicted octanol–water partition coefficient (Wildman–Crippen LogP) is 3.09. The maximum absolute atomic E-state index is 13.4. The number of carbonyl (C=O) groups is 1. The van der Waals surface area contributed by atoms with Crippen molar-refractivity contribution in [2.45, 2.75) is 43.9 Å². The number of fused-ring (bicyclic) bond motifs is 3.